The molecular weight excluding hydrogens is 490 g/mol. The Labute approximate surface area is 216 Å². The van der Waals surface area contributed by atoms with Gasteiger partial charge in [0.15, 0.2) is 17.0 Å². The van der Waals surface area contributed by atoms with E-state index in [1.165, 1.54) is 0 Å². The average Bonchev–Trinajstić information content (AvgIpc) is 3.29. The van der Waals surface area contributed by atoms with Gasteiger partial charge in [-0.2, -0.15) is 9.97 Å². The van der Waals surface area contributed by atoms with E-state index in [2.05, 4.69) is 20.3 Å². The first-order chi connectivity index (χ1) is 17.8. The number of aliphatic hydroxyl groups excluding tert-OH is 1. The summed E-state index contributed by atoms with van der Waals surface area (Å²) < 4.78 is 30.3. The van der Waals surface area contributed by atoms with Crippen molar-refractivity contribution in [3.63, 3.8) is 0 Å². The van der Waals surface area contributed by atoms with Crippen LogP contribution in [-0.4, -0.2) is 45.2 Å². The van der Waals surface area contributed by atoms with Crippen LogP contribution in [-0.2, 0) is 16.6 Å². The maximum Gasteiger partial charge on any atom is 0.261 e. The van der Waals surface area contributed by atoms with Crippen LogP contribution in [0.25, 0.3) is 11.2 Å². The fourth-order valence-electron chi connectivity index (χ4n) is 4.46. The second-order valence-electron chi connectivity index (χ2n) is 9.37. The number of anilines is 4. The summed E-state index contributed by atoms with van der Waals surface area (Å²) in [6.07, 6.45) is 4.70. The summed E-state index contributed by atoms with van der Waals surface area (Å²) in [7, 11) is -3.73. The molecule has 0 saturated heterocycles. The number of imidazole rings is 1. The summed E-state index contributed by atoms with van der Waals surface area (Å²) in [4.78, 5) is 14.1. The molecule has 4 N–H and O–H groups in total. The first-order valence-corrected chi connectivity index (χ1v) is 13.9. The minimum Gasteiger partial charge on any atom is -0.393 e. The molecule has 0 unspecified atom stereocenters. The molecule has 0 spiro atoms. The number of hydrogen-bond donors (Lipinski definition) is 4. The minimum absolute atomic E-state index is 0.186. The van der Waals surface area contributed by atoms with E-state index in [4.69, 9.17) is 9.97 Å². The Hall–Kier alpha value is -3.70. The largest absolute Gasteiger partial charge is 0.393 e. The summed E-state index contributed by atoms with van der Waals surface area (Å²) in [5.41, 5.74) is 3.39. The van der Waals surface area contributed by atoms with Crippen LogP contribution in [0.4, 0.5) is 23.1 Å². The highest BCUT2D eigenvalue weighted by Gasteiger charge is 2.21. The van der Waals surface area contributed by atoms with Crippen LogP contribution < -0.4 is 15.4 Å². The van der Waals surface area contributed by atoms with E-state index in [1.807, 2.05) is 24.5 Å². The molecule has 0 radical (unpaired) electrons. The van der Waals surface area contributed by atoms with Gasteiger partial charge in [-0.25, -0.2) is 13.4 Å². The van der Waals surface area contributed by atoms with Crippen molar-refractivity contribution in [2.45, 2.75) is 63.1 Å². The SMILES string of the molecule is CCn1cnc2c(Nc3cccc(NS(=O)(=O)c4ccc(C)cc4)c3)nc(NC3CCC(O)CC3)nc21. The van der Waals surface area contributed by atoms with Crippen LogP contribution in [0, 0.1) is 6.92 Å². The Kier molecular flexibility index (Phi) is 6.98. The van der Waals surface area contributed by atoms with Crippen molar-refractivity contribution in [2.24, 2.45) is 0 Å². The standard InChI is InChI=1S/C26H31N7O3S/c1-3-33-16-27-23-24(30-26(31-25(23)33)29-18-9-11-21(34)12-10-18)28-19-5-4-6-20(15-19)32-37(35,36)22-13-7-17(2)8-14-22/h4-8,13-16,18,21,32,34H,3,9-12H2,1-2H3,(H2,28,29,30,31). The van der Waals surface area contributed by atoms with Crippen molar-refractivity contribution >= 4 is 44.3 Å². The van der Waals surface area contributed by atoms with Gasteiger partial charge in [0.2, 0.25) is 5.95 Å². The van der Waals surface area contributed by atoms with Crippen LogP contribution in [0.2, 0.25) is 0 Å². The van der Waals surface area contributed by atoms with E-state index in [0.29, 0.717) is 40.8 Å². The van der Waals surface area contributed by atoms with E-state index >= 15 is 0 Å². The lowest BCUT2D eigenvalue weighted by atomic mass is 9.93. The number of hydrogen-bond acceptors (Lipinski definition) is 8. The van der Waals surface area contributed by atoms with Gasteiger partial charge in [0.25, 0.3) is 10.0 Å². The van der Waals surface area contributed by atoms with Gasteiger partial charge in [0, 0.05) is 18.3 Å². The Morgan fingerprint density at radius 2 is 1.76 bits per heavy atom. The minimum atomic E-state index is -3.73. The van der Waals surface area contributed by atoms with Crippen LogP contribution in [0.1, 0.15) is 38.2 Å². The molecule has 0 amide bonds. The molecule has 1 saturated carbocycles. The first kappa shape index (κ1) is 25.0. The molecule has 0 aliphatic heterocycles. The maximum absolute atomic E-state index is 12.9. The summed E-state index contributed by atoms with van der Waals surface area (Å²) in [5, 5.41) is 16.5. The van der Waals surface area contributed by atoms with Gasteiger partial charge in [0.1, 0.15) is 0 Å². The van der Waals surface area contributed by atoms with Crippen LogP contribution in [0.15, 0.2) is 59.8 Å². The second-order valence-corrected chi connectivity index (χ2v) is 11.1. The van der Waals surface area contributed by atoms with Crippen LogP contribution >= 0.6 is 0 Å². The topological polar surface area (TPSA) is 134 Å². The second kappa shape index (κ2) is 10.3. The van der Waals surface area contributed by atoms with E-state index in [1.54, 1.807) is 48.8 Å². The van der Waals surface area contributed by atoms with Gasteiger partial charge in [-0.15, -0.1) is 0 Å². The predicted molar refractivity (Wildman–Crippen MR) is 145 cm³/mol. The average molecular weight is 522 g/mol. The van der Waals surface area contributed by atoms with Gasteiger partial charge in [-0.1, -0.05) is 23.8 Å². The lowest BCUT2D eigenvalue weighted by molar-refractivity contribution is 0.126. The molecule has 194 valence electrons. The zero-order chi connectivity index (χ0) is 26.0. The molecule has 4 aromatic rings. The highest BCUT2D eigenvalue weighted by molar-refractivity contribution is 7.92. The number of aliphatic hydroxyl groups is 1. The maximum atomic E-state index is 12.9. The molecule has 1 aliphatic rings. The van der Waals surface area contributed by atoms with Crippen molar-refractivity contribution in [3.8, 4) is 0 Å². The Bertz CT molecular complexity index is 1490. The zero-order valence-corrected chi connectivity index (χ0v) is 21.7. The van der Waals surface area contributed by atoms with Gasteiger partial charge in [-0.3, -0.25) is 4.72 Å². The number of fused-ring (bicyclic) bond motifs is 1. The van der Waals surface area contributed by atoms with E-state index < -0.39 is 10.0 Å². The van der Waals surface area contributed by atoms with E-state index in [-0.39, 0.29) is 17.0 Å². The number of rotatable bonds is 8. The molecule has 11 heteroatoms. The molecule has 1 fully saturated rings. The van der Waals surface area contributed by atoms with Crippen molar-refractivity contribution in [1.82, 2.24) is 19.5 Å². The van der Waals surface area contributed by atoms with Gasteiger partial charge in [0.05, 0.1) is 23.0 Å². The van der Waals surface area contributed by atoms with Gasteiger partial charge >= 0.3 is 0 Å². The quantitative estimate of drug-likeness (QED) is 0.268. The van der Waals surface area contributed by atoms with E-state index in [9.17, 15) is 13.5 Å². The highest BCUT2D eigenvalue weighted by atomic mass is 32.2. The summed E-state index contributed by atoms with van der Waals surface area (Å²) in [6, 6.07) is 13.9. The van der Waals surface area contributed by atoms with Gasteiger partial charge < -0.3 is 20.3 Å². The molecule has 2 heterocycles. The Morgan fingerprint density at radius 3 is 2.49 bits per heavy atom. The normalized spacial score (nSPS) is 18.0. The lowest BCUT2D eigenvalue weighted by Crippen LogP contribution is -2.29. The predicted octanol–water partition coefficient (Wildman–Crippen LogP) is 4.41. The third kappa shape index (κ3) is 5.67. The van der Waals surface area contributed by atoms with Crippen molar-refractivity contribution < 1.29 is 13.5 Å². The van der Waals surface area contributed by atoms with Crippen LogP contribution in [0.3, 0.4) is 0 Å². The number of benzene rings is 2. The fraction of sp³-hybridized carbons (Fsp3) is 0.346. The zero-order valence-electron chi connectivity index (χ0n) is 20.8. The van der Waals surface area contributed by atoms with Gasteiger partial charge in [-0.05, 0) is 69.9 Å². The fourth-order valence-corrected chi connectivity index (χ4v) is 5.51. The number of aromatic nitrogens is 4. The highest BCUT2D eigenvalue weighted by Crippen LogP contribution is 2.28. The number of nitrogens with one attached hydrogen (secondary N) is 3. The first-order valence-electron chi connectivity index (χ1n) is 12.4. The Morgan fingerprint density at radius 1 is 1.03 bits per heavy atom. The molecule has 2 aromatic heterocycles. The third-order valence-corrected chi connectivity index (χ3v) is 7.94. The molecule has 10 nitrogen and oxygen atoms in total. The third-order valence-electron chi connectivity index (χ3n) is 6.54. The molecule has 5 rings (SSSR count). The number of sulfonamides is 1. The molecule has 0 atom stereocenters. The molecule has 1 aliphatic carbocycles. The van der Waals surface area contributed by atoms with Crippen molar-refractivity contribution in [3.05, 3.63) is 60.4 Å². The van der Waals surface area contributed by atoms with E-state index in [0.717, 1.165) is 31.2 Å². The van der Waals surface area contributed by atoms with Crippen LogP contribution in [0.5, 0.6) is 0 Å². The van der Waals surface area contributed by atoms with Crippen molar-refractivity contribution in [1.29, 1.82) is 0 Å². The molecule has 2 aromatic carbocycles. The molecule has 37 heavy (non-hydrogen) atoms. The Balaban J connectivity index is 1.41. The molecular formula is C26H31N7O3S. The summed E-state index contributed by atoms with van der Waals surface area (Å²) in [6.45, 7) is 4.64. The molecule has 0 bridgehead atoms. The summed E-state index contributed by atoms with van der Waals surface area (Å²) in [5.74, 6) is 1.01. The summed E-state index contributed by atoms with van der Waals surface area (Å²) >= 11 is 0. The smallest absolute Gasteiger partial charge is 0.261 e. The number of aryl methyl sites for hydroxylation is 2. The van der Waals surface area contributed by atoms with Crippen molar-refractivity contribution in [2.75, 3.05) is 15.4 Å². The monoisotopic (exact) mass is 521 g/mol. The number of nitrogens with zero attached hydrogens (tertiary/aromatic N) is 4. The lowest BCUT2D eigenvalue weighted by Gasteiger charge is -2.26.